The van der Waals surface area contributed by atoms with Crippen molar-refractivity contribution in [2.75, 3.05) is 6.54 Å². The molecule has 10 heavy (non-hydrogen) atoms. The maximum atomic E-state index is 5.11. The van der Waals surface area contributed by atoms with E-state index in [9.17, 15) is 0 Å². The first-order chi connectivity index (χ1) is 4.88. The van der Waals surface area contributed by atoms with Crippen LogP contribution in [0.2, 0.25) is 0 Å². The van der Waals surface area contributed by atoms with Crippen molar-refractivity contribution in [1.82, 2.24) is 5.32 Å². The van der Waals surface area contributed by atoms with Crippen LogP contribution >= 0.6 is 23.6 Å². The fourth-order valence-electron chi connectivity index (χ4n) is 1.12. The van der Waals surface area contributed by atoms with E-state index in [1.54, 1.807) is 11.3 Å². The van der Waals surface area contributed by atoms with Gasteiger partial charge in [-0.2, -0.15) is 0 Å². The molecule has 1 aromatic heterocycles. The van der Waals surface area contributed by atoms with Crippen LogP contribution in [0, 0.1) is 0 Å². The average Bonchev–Trinajstić information content (AvgIpc) is 2.36. The number of fused-ring (bicyclic) bond motifs is 1. The van der Waals surface area contributed by atoms with Crippen LogP contribution in [0.25, 0.3) is 0 Å². The SMILES string of the molecule is S=C1NCCc2sccc21. The minimum atomic E-state index is 0.919. The number of nitrogens with one attached hydrogen (secondary N) is 1. The van der Waals surface area contributed by atoms with Crippen molar-refractivity contribution < 1.29 is 0 Å². The van der Waals surface area contributed by atoms with Crippen molar-refractivity contribution in [3.63, 3.8) is 0 Å². The van der Waals surface area contributed by atoms with Gasteiger partial charge in [0.05, 0.1) is 0 Å². The lowest BCUT2D eigenvalue weighted by atomic mass is 10.1. The van der Waals surface area contributed by atoms with Gasteiger partial charge in [-0.1, -0.05) is 12.2 Å². The summed E-state index contributed by atoms with van der Waals surface area (Å²) in [4.78, 5) is 2.35. The van der Waals surface area contributed by atoms with Gasteiger partial charge in [0.25, 0.3) is 0 Å². The molecule has 52 valence electrons. The lowest BCUT2D eigenvalue weighted by molar-refractivity contribution is 0.863. The highest BCUT2D eigenvalue weighted by molar-refractivity contribution is 7.80. The number of thiocarbonyl (C=S) groups is 1. The zero-order valence-electron chi connectivity index (χ0n) is 5.39. The molecule has 1 aliphatic heterocycles. The molecular weight excluding hydrogens is 162 g/mol. The first-order valence-electron chi connectivity index (χ1n) is 3.22. The summed E-state index contributed by atoms with van der Waals surface area (Å²) in [5.41, 5.74) is 1.24. The second-order valence-electron chi connectivity index (χ2n) is 2.26. The van der Waals surface area contributed by atoms with Crippen LogP contribution in [0.3, 0.4) is 0 Å². The zero-order chi connectivity index (χ0) is 6.97. The molecule has 0 atom stereocenters. The quantitative estimate of drug-likeness (QED) is 0.592. The Labute approximate surface area is 69.1 Å². The van der Waals surface area contributed by atoms with E-state index in [0.717, 1.165) is 18.0 Å². The van der Waals surface area contributed by atoms with E-state index in [-0.39, 0.29) is 0 Å². The number of thiophene rings is 1. The van der Waals surface area contributed by atoms with Crippen LogP contribution in [0.15, 0.2) is 11.4 Å². The second kappa shape index (κ2) is 2.32. The fourth-order valence-corrected chi connectivity index (χ4v) is 2.36. The Morgan fingerprint density at radius 1 is 1.60 bits per heavy atom. The van der Waals surface area contributed by atoms with Gasteiger partial charge in [0.1, 0.15) is 4.99 Å². The smallest absolute Gasteiger partial charge is 0.107 e. The Morgan fingerprint density at radius 2 is 2.50 bits per heavy atom. The molecule has 0 radical (unpaired) electrons. The van der Waals surface area contributed by atoms with Gasteiger partial charge in [-0.25, -0.2) is 0 Å². The molecule has 0 saturated heterocycles. The molecule has 0 amide bonds. The Morgan fingerprint density at radius 3 is 3.30 bits per heavy atom. The Hall–Kier alpha value is -0.410. The maximum Gasteiger partial charge on any atom is 0.107 e. The highest BCUT2D eigenvalue weighted by Gasteiger charge is 2.12. The summed E-state index contributed by atoms with van der Waals surface area (Å²) in [6.07, 6.45) is 1.13. The minimum Gasteiger partial charge on any atom is -0.375 e. The fraction of sp³-hybridized carbons (Fsp3) is 0.286. The lowest BCUT2D eigenvalue weighted by Gasteiger charge is -2.13. The molecule has 2 heterocycles. The first-order valence-corrected chi connectivity index (χ1v) is 4.51. The summed E-state index contributed by atoms with van der Waals surface area (Å²) >= 11 is 6.91. The molecule has 1 N–H and O–H groups in total. The Kier molecular flexibility index (Phi) is 1.47. The van der Waals surface area contributed by atoms with E-state index in [1.807, 2.05) is 0 Å². The topological polar surface area (TPSA) is 12.0 Å². The molecule has 2 rings (SSSR count). The van der Waals surface area contributed by atoms with E-state index in [0.29, 0.717) is 0 Å². The van der Waals surface area contributed by atoms with Crippen molar-refractivity contribution in [2.24, 2.45) is 0 Å². The van der Waals surface area contributed by atoms with Gasteiger partial charge < -0.3 is 5.32 Å². The Bertz CT molecular complexity index is 264. The highest BCUT2D eigenvalue weighted by atomic mass is 32.1. The first kappa shape index (κ1) is 6.31. The van der Waals surface area contributed by atoms with Crippen molar-refractivity contribution in [3.05, 3.63) is 21.9 Å². The van der Waals surface area contributed by atoms with E-state index in [1.165, 1.54) is 10.4 Å². The second-order valence-corrected chi connectivity index (χ2v) is 3.67. The third kappa shape index (κ3) is 0.859. The van der Waals surface area contributed by atoms with Crippen LogP contribution in [0.4, 0.5) is 0 Å². The highest BCUT2D eigenvalue weighted by Crippen LogP contribution is 2.19. The predicted molar refractivity (Wildman–Crippen MR) is 47.7 cm³/mol. The van der Waals surface area contributed by atoms with Gasteiger partial charge in [0.2, 0.25) is 0 Å². The Balaban J connectivity index is 2.50. The number of hydrogen-bond acceptors (Lipinski definition) is 2. The molecule has 0 spiro atoms. The largest absolute Gasteiger partial charge is 0.375 e. The lowest BCUT2D eigenvalue weighted by Crippen LogP contribution is -2.29. The van der Waals surface area contributed by atoms with Crippen LogP contribution in [-0.2, 0) is 6.42 Å². The molecule has 3 heteroatoms. The number of hydrogen-bond donors (Lipinski definition) is 1. The van der Waals surface area contributed by atoms with Crippen molar-refractivity contribution in [3.8, 4) is 0 Å². The summed E-state index contributed by atoms with van der Waals surface area (Å²) in [7, 11) is 0. The molecule has 0 bridgehead atoms. The average molecular weight is 169 g/mol. The summed E-state index contributed by atoms with van der Waals surface area (Å²) < 4.78 is 0. The van der Waals surface area contributed by atoms with Crippen molar-refractivity contribution >= 4 is 28.5 Å². The van der Waals surface area contributed by atoms with E-state index in [4.69, 9.17) is 12.2 Å². The van der Waals surface area contributed by atoms with E-state index < -0.39 is 0 Å². The van der Waals surface area contributed by atoms with Crippen molar-refractivity contribution in [2.45, 2.75) is 6.42 Å². The minimum absolute atomic E-state index is 0.919. The van der Waals surface area contributed by atoms with Gasteiger partial charge in [-0.15, -0.1) is 11.3 Å². The molecule has 1 aromatic rings. The molecule has 0 saturated carbocycles. The number of rotatable bonds is 0. The third-order valence-corrected chi connectivity index (χ3v) is 2.97. The molecule has 0 aromatic carbocycles. The molecule has 0 fully saturated rings. The molecule has 1 nitrogen and oxygen atoms in total. The molecule has 0 aliphatic carbocycles. The van der Waals surface area contributed by atoms with Gasteiger partial charge in [0.15, 0.2) is 0 Å². The van der Waals surface area contributed by atoms with E-state index >= 15 is 0 Å². The van der Waals surface area contributed by atoms with Gasteiger partial charge >= 0.3 is 0 Å². The zero-order valence-corrected chi connectivity index (χ0v) is 7.02. The van der Waals surface area contributed by atoms with Crippen LogP contribution in [0.5, 0.6) is 0 Å². The predicted octanol–water partition coefficient (Wildman–Crippen LogP) is 1.57. The van der Waals surface area contributed by atoms with Gasteiger partial charge in [0, 0.05) is 17.0 Å². The summed E-state index contributed by atoms with van der Waals surface area (Å²) in [5, 5.41) is 5.26. The maximum absolute atomic E-state index is 5.11. The summed E-state index contributed by atoms with van der Waals surface area (Å²) in [6, 6.07) is 2.09. The summed E-state index contributed by atoms with van der Waals surface area (Å²) in [6.45, 7) is 1.01. The molecule has 0 unspecified atom stereocenters. The van der Waals surface area contributed by atoms with Gasteiger partial charge in [-0.3, -0.25) is 0 Å². The van der Waals surface area contributed by atoms with Crippen LogP contribution in [0.1, 0.15) is 10.4 Å². The normalized spacial score (nSPS) is 16.2. The van der Waals surface area contributed by atoms with E-state index in [2.05, 4.69) is 16.8 Å². The molecular formula is C7H7NS2. The van der Waals surface area contributed by atoms with Crippen LogP contribution < -0.4 is 5.32 Å². The van der Waals surface area contributed by atoms with Gasteiger partial charge in [-0.05, 0) is 17.9 Å². The summed E-state index contributed by atoms with van der Waals surface area (Å²) in [5.74, 6) is 0. The van der Waals surface area contributed by atoms with Crippen LogP contribution in [-0.4, -0.2) is 11.5 Å². The standard InChI is InChI=1S/C7H7NS2/c9-7-5-2-4-10-6(5)1-3-8-7/h2,4H,1,3H2,(H,8,9). The third-order valence-electron chi connectivity index (χ3n) is 1.63. The van der Waals surface area contributed by atoms with Crippen molar-refractivity contribution in [1.29, 1.82) is 0 Å². The monoisotopic (exact) mass is 169 g/mol. The molecule has 1 aliphatic rings.